The molecule has 1 N–H and O–H groups in total. The number of alkyl carbamates (subject to hydrolysis) is 1. The molecule has 0 bridgehead atoms. The van der Waals surface area contributed by atoms with Crippen LogP contribution < -0.4 is 5.32 Å². The molecule has 2 aromatic carbocycles. The van der Waals surface area contributed by atoms with Crippen molar-refractivity contribution in [3.05, 3.63) is 83.8 Å². The first-order valence-corrected chi connectivity index (χ1v) is 17.6. The van der Waals surface area contributed by atoms with E-state index in [1.807, 2.05) is 31.5 Å². The molecule has 0 fully saturated rings. The largest absolute Gasteiger partial charge is 0.444 e. The Labute approximate surface area is 251 Å². The number of nitrogens with one attached hydrogen (secondary N) is 1. The number of aromatic nitrogens is 3. The van der Waals surface area contributed by atoms with Crippen LogP contribution in [-0.2, 0) is 34.5 Å². The van der Waals surface area contributed by atoms with Gasteiger partial charge in [-0.25, -0.2) is 24.8 Å². The molecule has 0 radical (unpaired) electrons. The van der Waals surface area contributed by atoms with Crippen molar-refractivity contribution in [2.75, 3.05) is 37.7 Å². The molecule has 1 atom stereocenters. The number of carbonyl (C=O) groups is 1. The molecule has 1 amide bonds. The van der Waals surface area contributed by atoms with Crippen LogP contribution in [0, 0.1) is 0 Å². The Balaban J connectivity index is 1.44. The molecule has 7 nitrogen and oxygen atoms in total. The van der Waals surface area contributed by atoms with Crippen LogP contribution >= 0.6 is 10.0 Å². The van der Waals surface area contributed by atoms with E-state index in [0.717, 1.165) is 53.9 Å². The minimum Gasteiger partial charge on any atom is -0.444 e. The highest BCUT2D eigenvalue weighted by molar-refractivity contribution is 8.32. The quantitative estimate of drug-likeness (QED) is 0.220. The Morgan fingerprint density at radius 2 is 1.83 bits per heavy atom. The van der Waals surface area contributed by atoms with Gasteiger partial charge in [0.2, 0.25) is 0 Å². The van der Waals surface area contributed by atoms with E-state index >= 15 is 0 Å². The predicted molar refractivity (Wildman–Crippen MR) is 174 cm³/mol. The zero-order valence-electron chi connectivity index (χ0n) is 25.8. The molecule has 1 unspecified atom stereocenters. The number of benzene rings is 2. The smallest absolute Gasteiger partial charge is 0.407 e. The minimum absolute atomic E-state index is 0.276. The lowest BCUT2D eigenvalue weighted by molar-refractivity contribution is 0.0511. The second-order valence-corrected chi connectivity index (χ2v) is 17.8. The van der Waals surface area contributed by atoms with Gasteiger partial charge in [0.25, 0.3) is 0 Å². The Morgan fingerprint density at radius 1 is 1.05 bits per heavy atom. The Hall–Kier alpha value is -3.36. The van der Waals surface area contributed by atoms with Gasteiger partial charge in [0, 0.05) is 34.9 Å². The van der Waals surface area contributed by atoms with Crippen LogP contribution in [0.3, 0.4) is 0 Å². The van der Waals surface area contributed by atoms with Gasteiger partial charge in [0.1, 0.15) is 24.3 Å². The highest BCUT2D eigenvalue weighted by Crippen LogP contribution is 2.40. The monoisotopic (exact) mass is 588 g/mol. The maximum absolute atomic E-state index is 12.7. The third kappa shape index (κ3) is 7.16. The summed E-state index contributed by atoms with van der Waals surface area (Å²) in [7, 11) is -0.593. The third-order valence-corrected chi connectivity index (χ3v) is 9.26. The minimum atomic E-state index is -0.593. The summed E-state index contributed by atoms with van der Waals surface area (Å²) >= 11 is 0. The molecule has 1 aliphatic rings. The lowest BCUT2D eigenvalue weighted by Gasteiger charge is -2.39. The average Bonchev–Trinajstić information content (AvgIpc) is 3.36. The standard InChI is InChI=1S/C34H44N4O3S/c1-33(2,3)41-32(39)35-22-34(16-14-25-10-7-8-11-27(25)21-34)28-13-9-12-26(20-28)30-29-15-17-38(31(29)37-23-36-30)24-40-18-19-42(4,5)6/h7-13,15,17,20,23H,14,16,18-19,21-22,24H2,1-6H3,(H,35,39). The van der Waals surface area contributed by atoms with E-state index in [2.05, 4.69) is 83.7 Å². The summed E-state index contributed by atoms with van der Waals surface area (Å²) in [6.45, 7) is 7.35. The molecule has 1 aliphatic carbocycles. The summed E-state index contributed by atoms with van der Waals surface area (Å²) in [6, 6.07) is 19.3. The van der Waals surface area contributed by atoms with Crippen LogP contribution in [0.4, 0.5) is 4.79 Å². The van der Waals surface area contributed by atoms with Crippen molar-refractivity contribution in [1.82, 2.24) is 19.9 Å². The summed E-state index contributed by atoms with van der Waals surface area (Å²) in [6.07, 6.45) is 12.9. The maximum Gasteiger partial charge on any atom is 0.407 e. The summed E-state index contributed by atoms with van der Waals surface area (Å²) in [5.74, 6) is 1.08. The first kappa shape index (κ1) is 30.1. The van der Waals surface area contributed by atoms with Crippen LogP contribution in [0.15, 0.2) is 67.1 Å². The number of rotatable bonds is 9. The number of carbonyl (C=O) groups excluding carboxylic acids is 1. The normalized spacial score (nSPS) is 17.6. The van der Waals surface area contributed by atoms with Gasteiger partial charge in [0.05, 0.1) is 12.3 Å². The molecule has 0 aliphatic heterocycles. The number of nitrogens with zero attached hydrogens (tertiary/aromatic N) is 3. The second-order valence-electron chi connectivity index (χ2n) is 13.2. The highest BCUT2D eigenvalue weighted by Gasteiger charge is 2.37. The molecule has 0 saturated heterocycles. The van der Waals surface area contributed by atoms with E-state index < -0.39 is 15.6 Å². The van der Waals surface area contributed by atoms with Crippen molar-refractivity contribution in [1.29, 1.82) is 0 Å². The first-order valence-electron chi connectivity index (χ1n) is 14.6. The van der Waals surface area contributed by atoms with Gasteiger partial charge < -0.3 is 19.4 Å². The SMILES string of the molecule is CC(C)(C)OC(=O)NCC1(c2cccc(-c3ncnc4c3ccn4COCCS(C)(C)C)c2)CCc2ccccc2C1. The topological polar surface area (TPSA) is 78.3 Å². The zero-order chi connectivity index (χ0) is 30.0. The Bertz CT molecular complexity index is 1550. The molecule has 2 aromatic heterocycles. The summed E-state index contributed by atoms with van der Waals surface area (Å²) < 4.78 is 13.6. The summed E-state index contributed by atoms with van der Waals surface area (Å²) in [5.41, 5.74) is 5.86. The number of fused-ring (bicyclic) bond motifs is 2. The van der Waals surface area contributed by atoms with Gasteiger partial charge in [0.15, 0.2) is 0 Å². The Kier molecular flexibility index (Phi) is 8.67. The fourth-order valence-corrected chi connectivity index (χ4v) is 6.28. The van der Waals surface area contributed by atoms with Gasteiger partial charge in [-0.1, -0.05) is 42.5 Å². The van der Waals surface area contributed by atoms with Gasteiger partial charge in [-0.3, -0.25) is 0 Å². The van der Waals surface area contributed by atoms with Gasteiger partial charge >= 0.3 is 6.09 Å². The lowest BCUT2D eigenvalue weighted by Crippen LogP contribution is -2.46. The molecule has 5 rings (SSSR count). The highest BCUT2D eigenvalue weighted by atomic mass is 32.3. The van der Waals surface area contributed by atoms with Crippen LogP contribution in [-0.4, -0.2) is 63.9 Å². The van der Waals surface area contributed by atoms with E-state index in [1.165, 1.54) is 16.7 Å². The summed E-state index contributed by atoms with van der Waals surface area (Å²) in [5, 5.41) is 4.10. The van der Waals surface area contributed by atoms with Crippen molar-refractivity contribution in [2.24, 2.45) is 0 Å². The van der Waals surface area contributed by atoms with E-state index in [-0.39, 0.29) is 11.5 Å². The number of aryl methyl sites for hydroxylation is 1. The third-order valence-electron chi connectivity index (χ3n) is 7.86. The molecule has 8 heteroatoms. The van der Waals surface area contributed by atoms with Crippen molar-refractivity contribution in [3.8, 4) is 11.3 Å². The molecular formula is C34H44N4O3S. The van der Waals surface area contributed by atoms with Crippen LogP contribution in [0.1, 0.15) is 43.9 Å². The van der Waals surface area contributed by atoms with E-state index in [1.54, 1.807) is 6.33 Å². The number of hydrogen-bond acceptors (Lipinski definition) is 5. The molecule has 2 heterocycles. The van der Waals surface area contributed by atoms with Gasteiger partial charge in [-0.2, -0.15) is 0 Å². The summed E-state index contributed by atoms with van der Waals surface area (Å²) in [4.78, 5) is 22.1. The zero-order valence-corrected chi connectivity index (χ0v) is 26.6. The van der Waals surface area contributed by atoms with Crippen molar-refractivity contribution in [3.63, 3.8) is 0 Å². The van der Waals surface area contributed by atoms with Crippen molar-refractivity contribution < 1.29 is 14.3 Å². The molecule has 0 spiro atoms. The van der Waals surface area contributed by atoms with Gasteiger partial charge in [-0.05, 0) is 87.6 Å². The molecule has 0 saturated carbocycles. The van der Waals surface area contributed by atoms with Crippen molar-refractivity contribution >= 4 is 27.2 Å². The molecular weight excluding hydrogens is 544 g/mol. The van der Waals surface area contributed by atoms with E-state index in [4.69, 9.17) is 14.5 Å². The number of ether oxygens (including phenoxy) is 2. The predicted octanol–water partition coefficient (Wildman–Crippen LogP) is 6.72. The molecule has 224 valence electrons. The fourth-order valence-electron chi connectivity index (χ4n) is 5.66. The average molecular weight is 589 g/mol. The molecule has 4 aromatic rings. The van der Waals surface area contributed by atoms with E-state index in [0.29, 0.717) is 13.3 Å². The fraction of sp³-hybridized carbons (Fsp3) is 0.441. The van der Waals surface area contributed by atoms with Crippen LogP contribution in [0.25, 0.3) is 22.3 Å². The second kappa shape index (κ2) is 12.1. The van der Waals surface area contributed by atoms with E-state index in [9.17, 15) is 4.79 Å². The maximum atomic E-state index is 12.7. The Morgan fingerprint density at radius 3 is 2.60 bits per heavy atom. The first-order chi connectivity index (χ1) is 19.9. The number of amides is 1. The lowest BCUT2D eigenvalue weighted by atomic mass is 9.67. The van der Waals surface area contributed by atoms with Crippen LogP contribution in [0.2, 0.25) is 0 Å². The van der Waals surface area contributed by atoms with Crippen LogP contribution in [0.5, 0.6) is 0 Å². The van der Waals surface area contributed by atoms with Crippen molar-refractivity contribution in [2.45, 2.75) is 57.8 Å². The number of hydrogen-bond donors (Lipinski definition) is 1. The molecule has 42 heavy (non-hydrogen) atoms. The van der Waals surface area contributed by atoms with Gasteiger partial charge in [-0.15, -0.1) is 0 Å².